The van der Waals surface area contributed by atoms with E-state index in [2.05, 4.69) is 41.6 Å². The minimum atomic E-state index is 1.08. The second-order valence-corrected chi connectivity index (χ2v) is 5.02. The van der Waals surface area contributed by atoms with Crippen molar-refractivity contribution in [1.82, 2.24) is 14.8 Å². The van der Waals surface area contributed by atoms with Crippen LogP contribution in [0.2, 0.25) is 0 Å². The third-order valence-corrected chi connectivity index (χ3v) is 3.82. The van der Waals surface area contributed by atoms with E-state index in [0.29, 0.717) is 0 Å². The summed E-state index contributed by atoms with van der Waals surface area (Å²) in [6.07, 6.45) is 1.27. The van der Waals surface area contributed by atoms with E-state index in [-0.39, 0.29) is 0 Å². The number of hydrogen-bond acceptors (Lipinski definition) is 2. The molecule has 0 spiro atoms. The van der Waals surface area contributed by atoms with Gasteiger partial charge in [0.2, 0.25) is 0 Å². The molecule has 0 amide bonds. The molecule has 0 unspecified atom stereocenters. The van der Waals surface area contributed by atoms with E-state index in [1.54, 1.807) is 0 Å². The molecule has 2 heterocycles. The number of nitrogens with one attached hydrogen (secondary N) is 1. The molecule has 1 aromatic heterocycles. The lowest BCUT2D eigenvalue weighted by atomic mass is 10.2. The van der Waals surface area contributed by atoms with E-state index in [4.69, 9.17) is 0 Å². The molecule has 1 aliphatic heterocycles. The van der Waals surface area contributed by atoms with Crippen LogP contribution in [0.4, 0.5) is 0 Å². The quantitative estimate of drug-likeness (QED) is 0.864. The van der Waals surface area contributed by atoms with Crippen molar-refractivity contribution in [3.63, 3.8) is 0 Å². The van der Waals surface area contributed by atoms with E-state index in [9.17, 15) is 0 Å². The third kappa shape index (κ3) is 2.90. The first-order chi connectivity index (χ1) is 8.22. The molecule has 0 radical (unpaired) electrons. The van der Waals surface area contributed by atoms with E-state index >= 15 is 0 Å². The summed E-state index contributed by atoms with van der Waals surface area (Å²) >= 11 is 0. The number of rotatable bonds is 3. The molecule has 1 aromatic rings. The number of hydrogen-bond donors (Lipinski definition) is 1. The van der Waals surface area contributed by atoms with Crippen LogP contribution in [0.5, 0.6) is 0 Å². The van der Waals surface area contributed by atoms with Crippen molar-refractivity contribution in [3.8, 4) is 0 Å². The zero-order chi connectivity index (χ0) is 12.3. The van der Waals surface area contributed by atoms with Crippen LogP contribution in [0, 0.1) is 13.8 Å². The van der Waals surface area contributed by atoms with Gasteiger partial charge in [0, 0.05) is 37.6 Å². The van der Waals surface area contributed by atoms with Crippen molar-refractivity contribution < 1.29 is 0 Å². The van der Waals surface area contributed by atoms with Crippen molar-refractivity contribution in [2.45, 2.75) is 40.3 Å². The van der Waals surface area contributed by atoms with Crippen LogP contribution in [-0.4, -0.2) is 35.6 Å². The van der Waals surface area contributed by atoms with E-state index in [0.717, 1.165) is 19.6 Å². The molecule has 1 saturated heterocycles. The molecular weight excluding hydrogens is 210 g/mol. The lowest BCUT2D eigenvalue weighted by molar-refractivity contribution is 0.283. The number of nitrogens with zero attached hydrogens (tertiary/aromatic N) is 2. The van der Waals surface area contributed by atoms with Gasteiger partial charge in [-0.05, 0) is 51.9 Å². The Labute approximate surface area is 105 Å². The number of aryl methyl sites for hydroxylation is 1. The molecule has 0 aliphatic carbocycles. The zero-order valence-corrected chi connectivity index (χ0v) is 11.4. The normalized spacial score (nSPS) is 18.3. The van der Waals surface area contributed by atoms with E-state index in [1.165, 1.54) is 43.0 Å². The average Bonchev–Trinajstić information content (AvgIpc) is 2.50. The Balaban J connectivity index is 2.07. The maximum absolute atomic E-state index is 3.46. The van der Waals surface area contributed by atoms with E-state index in [1.807, 2.05) is 0 Å². The van der Waals surface area contributed by atoms with Crippen molar-refractivity contribution >= 4 is 0 Å². The van der Waals surface area contributed by atoms with Gasteiger partial charge in [0.25, 0.3) is 0 Å². The maximum Gasteiger partial charge on any atom is 0.0252 e. The minimum absolute atomic E-state index is 1.08. The molecule has 17 heavy (non-hydrogen) atoms. The molecule has 0 aromatic carbocycles. The predicted octanol–water partition coefficient (Wildman–Crippen LogP) is 1.92. The van der Waals surface area contributed by atoms with Crippen molar-refractivity contribution in [2.75, 3.05) is 26.2 Å². The second-order valence-electron chi connectivity index (χ2n) is 5.02. The predicted molar refractivity (Wildman–Crippen MR) is 72.3 cm³/mol. The molecule has 3 heteroatoms. The van der Waals surface area contributed by atoms with Gasteiger partial charge in [0.05, 0.1) is 0 Å². The molecule has 96 valence electrons. The van der Waals surface area contributed by atoms with Crippen LogP contribution in [0.15, 0.2) is 6.07 Å². The number of aromatic nitrogens is 1. The fourth-order valence-corrected chi connectivity index (χ4v) is 2.82. The SMILES string of the molecule is CCn1c(C)cc(CN2CCCNCC2)c1C. The molecule has 0 atom stereocenters. The average molecular weight is 235 g/mol. The van der Waals surface area contributed by atoms with Crippen molar-refractivity contribution in [3.05, 3.63) is 23.0 Å². The Morgan fingerprint density at radius 1 is 1.24 bits per heavy atom. The Morgan fingerprint density at radius 3 is 2.76 bits per heavy atom. The molecule has 0 bridgehead atoms. The highest BCUT2D eigenvalue weighted by Gasteiger charge is 2.13. The Bertz CT molecular complexity index is 360. The highest BCUT2D eigenvalue weighted by molar-refractivity contribution is 5.26. The van der Waals surface area contributed by atoms with Crippen LogP contribution >= 0.6 is 0 Å². The third-order valence-electron chi connectivity index (χ3n) is 3.82. The fourth-order valence-electron chi connectivity index (χ4n) is 2.82. The molecule has 2 rings (SSSR count). The van der Waals surface area contributed by atoms with Gasteiger partial charge >= 0.3 is 0 Å². The van der Waals surface area contributed by atoms with Gasteiger partial charge in [0.15, 0.2) is 0 Å². The van der Waals surface area contributed by atoms with Crippen molar-refractivity contribution in [1.29, 1.82) is 0 Å². The summed E-state index contributed by atoms with van der Waals surface area (Å²) in [6, 6.07) is 2.36. The van der Waals surface area contributed by atoms with Crippen LogP contribution in [0.1, 0.15) is 30.3 Å². The van der Waals surface area contributed by atoms with Gasteiger partial charge < -0.3 is 9.88 Å². The van der Waals surface area contributed by atoms with Gasteiger partial charge in [-0.1, -0.05) is 0 Å². The summed E-state index contributed by atoms with van der Waals surface area (Å²) in [7, 11) is 0. The first kappa shape index (κ1) is 12.7. The molecule has 3 nitrogen and oxygen atoms in total. The summed E-state index contributed by atoms with van der Waals surface area (Å²) in [6.45, 7) is 13.6. The lowest BCUT2D eigenvalue weighted by Gasteiger charge is -2.19. The molecule has 1 aliphatic rings. The largest absolute Gasteiger partial charge is 0.349 e. The van der Waals surface area contributed by atoms with E-state index < -0.39 is 0 Å². The summed E-state index contributed by atoms with van der Waals surface area (Å²) in [5, 5.41) is 3.46. The summed E-state index contributed by atoms with van der Waals surface area (Å²) in [5.41, 5.74) is 4.35. The van der Waals surface area contributed by atoms with Crippen LogP contribution in [0.3, 0.4) is 0 Å². The van der Waals surface area contributed by atoms with Crippen molar-refractivity contribution in [2.24, 2.45) is 0 Å². The highest BCUT2D eigenvalue weighted by atomic mass is 15.2. The molecule has 1 fully saturated rings. The maximum atomic E-state index is 3.46. The Hall–Kier alpha value is -0.800. The minimum Gasteiger partial charge on any atom is -0.349 e. The summed E-state index contributed by atoms with van der Waals surface area (Å²) in [5.74, 6) is 0. The zero-order valence-electron chi connectivity index (χ0n) is 11.4. The Morgan fingerprint density at radius 2 is 2.06 bits per heavy atom. The van der Waals surface area contributed by atoms with Gasteiger partial charge in [-0.25, -0.2) is 0 Å². The van der Waals surface area contributed by atoms with Gasteiger partial charge in [-0.2, -0.15) is 0 Å². The molecule has 0 saturated carbocycles. The fraction of sp³-hybridized carbons (Fsp3) is 0.714. The van der Waals surface area contributed by atoms with Gasteiger partial charge in [-0.15, -0.1) is 0 Å². The Kier molecular flexibility index (Phi) is 4.24. The monoisotopic (exact) mass is 235 g/mol. The first-order valence-corrected chi connectivity index (χ1v) is 6.81. The van der Waals surface area contributed by atoms with Gasteiger partial charge in [-0.3, -0.25) is 4.90 Å². The van der Waals surface area contributed by atoms with Crippen LogP contribution in [-0.2, 0) is 13.1 Å². The standard InChI is InChI=1S/C14H25N3/c1-4-17-12(2)10-14(13(17)3)11-16-8-5-6-15-7-9-16/h10,15H,4-9,11H2,1-3H3. The smallest absolute Gasteiger partial charge is 0.0252 e. The molecule has 1 N–H and O–H groups in total. The molecular formula is C14H25N3. The highest BCUT2D eigenvalue weighted by Crippen LogP contribution is 2.17. The van der Waals surface area contributed by atoms with Crippen LogP contribution in [0.25, 0.3) is 0 Å². The summed E-state index contributed by atoms with van der Waals surface area (Å²) < 4.78 is 2.41. The van der Waals surface area contributed by atoms with Crippen LogP contribution < -0.4 is 5.32 Å². The second kappa shape index (κ2) is 5.69. The van der Waals surface area contributed by atoms with Gasteiger partial charge in [0.1, 0.15) is 0 Å². The summed E-state index contributed by atoms with van der Waals surface area (Å²) in [4.78, 5) is 2.57. The lowest BCUT2D eigenvalue weighted by Crippen LogP contribution is -2.27. The topological polar surface area (TPSA) is 20.2 Å². The first-order valence-electron chi connectivity index (χ1n) is 6.81.